The van der Waals surface area contributed by atoms with Gasteiger partial charge in [0.25, 0.3) is 0 Å². The van der Waals surface area contributed by atoms with E-state index < -0.39 is 22.0 Å². The molecule has 0 aliphatic rings. The van der Waals surface area contributed by atoms with Gasteiger partial charge in [-0.2, -0.15) is 0 Å². The molecule has 138 valence electrons. The molecule has 0 N–H and O–H groups in total. The lowest BCUT2D eigenvalue weighted by Crippen LogP contribution is -2.44. The number of allylic oxidation sites excluding steroid dienone is 1. The summed E-state index contributed by atoms with van der Waals surface area (Å²) in [5.74, 6) is 2.98. The van der Waals surface area contributed by atoms with Gasteiger partial charge >= 0.3 is 0 Å². The second kappa shape index (κ2) is 8.53. The van der Waals surface area contributed by atoms with Crippen molar-refractivity contribution < 1.29 is 4.43 Å². The van der Waals surface area contributed by atoms with Crippen LogP contribution in [0.3, 0.4) is 0 Å². The standard InChI is InChI=1S/C22H36OSi2/c1-10-21(24(7,8)9)18-22(6,20-16-14-19(5)15-17-20)23-25(11-2,12-3)13-4/h1,14-18H,11-13H2,2-9H3/b21-18+. The quantitative estimate of drug-likeness (QED) is 0.366. The monoisotopic (exact) mass is 372 g/mol. The Hall–Kier alpha value is -1.09. The minimum absolute atomic E-state index is 0.454. The number of terminal acetylenes is 1. The molecular formula is C22H36OSi2. The molecule has 1 atom stereocenters. The lowest BCUT2D eigenvalue weighted by Gasteiger charge is -2.40. The molecule has 0 spiro atoms. The third-order valence-corrected chi connectivity index (χ3v) is 12.0. The van der Waals surface area contributed by atoms with Crippen LogP contribution in [0, 0.1) is 19.3 Å². The van der Waals surface area contributed by atoms with Gasteiger partial charge in [-0.15, -0.1) is 6.42 Å². The summed E-state index contributed by atoms with van der Waals surface area (Å²) in [6.45, 7) is 18.1. The van der Waals surface area contributed by atoms with Crippen LogP contribution in [0.4, 0.5) is 0 Å². The van der Waals surface area contributed by atoms with Crippen LogP contribution in [0.5, 0.6) is 0 Å². The highest BCUT2D eigenvalue weighted by Gasteiger charge is 2.39. The van der Waals surface area contributed by atoms with E-state index in [-0.39, 0.29) is 0 Å². The van der Waals surface area contributed by atoms with Gasteiger partial charge < -0.3 is 4.43 Å². The van der Waals surface area contributed by atoms with E-state index in [1.54, 1.807) is 0 Å². The summed E-state index contributed by atoms with van der Waals surface area (Å²) in [4.78, 5) is 0. The SMILES string of the molecule is C#C/C(=C\C(C)(O[Si](CC)(CC)CC)c1ccc(C)cc1)[Si](C)(C)C. The van der Waals surface area contributed by atoms with E-state index in [0.29, 0.717) is 0 Å². The third kappa shape index (κ3) is 5.44. The zero-order chi connectivity index (χ0) is 19.3. The molecule has 0 amide bonds. The fourth-order valence-corrected chi connectivity index (χ4v) is 7.37. The molecule has 25 heavy (non-hydrogen) atoms. The van der Waals surface area contributed by atoms with Crippen molar-refractivity contribution in [3.63, 3.8) is 0 Å². The summed E-state index contributed by atoms with van der Waals surface area (Å²) in [5, 5.41) is 1.14. The number of aryl methyl sites for hydroxylation is 1. The maximum atomic E-state index is 7.02. The number of rotatable bonds is 8. The molecule has 0 radical (unpaired) electrons. The molecule has 0 bridgehead atoms. The average Bonchev–Trinajstić information content (AvgIpc) is 2.57. The molecule has 1 nitrogen and oxygen atoms in total. The Balaban J connectivity index is 3.54. The number of hydrogen-bond donors (Lipinski definition) is 0. The van der Waals surface area contributed by atoms with E-state index in [2.05, 4.69) is 90.5 Å². The summed E-state index contributed by atoms with van der Waals surface area (Å²) in [7, 11) is -3.37. The second-order valence-electron chi connectivity index (χ2n) is 8.27. The zero-order valence-electron chi connectivity index (χ0n) is 17.5. The van der Waals surface area contributed by atoms with E-state index in [1.807, 2.05) is 0 Å². The first kappa shape index (κ1) is 22.0. The van der Waals surface area contributed by atoms with Crippen LogP contribution >= 0.6 is 0 Å². The van der Waals surface area contributed by atoms with Crippen LogP contribution in [0.15, 0.2) is 35.5 Å². The van der Waals surface area contributed by atoms with E-state index in [0.717, 1.165) is 23.3 Å². The summed E-state index contributed by atoms with van der Waals surface area (Å²) in [6, 6.07) is 12.1. The average molecular weight is 373 g/mol. The molecule has 0 aliphatic carbocycles. The van der Waals surface area contributed by atoms with Crippen molar-refractivity contribution in [1.29, 1.82) is 0 Å². The Kier molecular flexibility index (Phi) is 7.49. The van der Waals surface area contributed by atoms with Crippen LogP contribution < -0.4 is 0 Å². The van der Waals surface area contributed by atoms with Gasteiger partial charge in [0.2, 0.25) is 0 Å². The van der Waals surface area contributed by atoms with Crippen LogP contribution in [-0.4, -0.2) is 16.4 Å². The smallest absolute Gasteiger partial charge is 0.193 e. The highest BCUT2D eigenvalue weighted by molar-refractivity contribution is 6.84. The second-order valence-corrected chi connectivity index (χ2v) is 18.0. The highest BCUT2D eigenvalue weighted by Crippen LogP contribution is 2.37. The van der Waals surface area contributed by atoms with Crippen molar-refractivity contribution in [1.82, 2.24) is 0 Å². The molecule has 0 aliphatic heterocycles. The van der Waals surface area contributed by atoms with Crippen LogP contribution in [0.25, 0.3) is 0 Å². The molecule has 1 aromatic rings. The van der Waals surface area contributed by atoms with Gasteiger partial charge in [-0.3, -0.25) is 0 Å². The van der Waals surface area contributed by atoms with E-state index >= 15 is 0 Å². The van der Waals surface area contributed by atoms with Crippen molar-refractivity contribution in [3.8, 4) is 12.3 Å². The number of benzene rings is 1. The van der Waals surface area contributed by atoms with Gasteiger partial charge in [0, 0.05) is 0 Å². The molecule has 1 rings (SSSR count). The van der Waals surface area contributed by atoms with E-state index in [9.17, 15) is 0 Å². The lowest BCUT2D eigenvalue weighted by molar-refractivity contribution is 0.125. The van der Waals surface area contributed by atoms with Gasteiger partial charge in [0.1, 0.15) is 0 Å². The predicted molar refractivity (Wildman–Crippen MR) is 117 cm³/mol. The van der Waals surface area contributed by atoms with Gasteiger partial charge in [-0.05, 0) is 48.8 Å². The van der Waals surface area contributed by atoms with Crippen molar-refractivity contribution in [3.05, 3.63) is 46.7 Å². The largest absolute Gasteiger partial charge is 0.404 e. The minimum atomic E-state index is -1.79. The van der Waals surface area contributed by atoms with Crippen LogP contribution in [0.2, 0.25) is 37.8 Å². The first-order valence-electron chi connectivity index (χ1n) is 9.53. The molecule has 0 saturated carbocycles. The first-order valence-corrected chi connectivity index (χ1v) is 15.6. The van der Waals surface area contributed by atoms with Crippen molar-refractivity contribution in [2.75, 3.05) is 0 Å². The molecule has 0 fully saturated rings. The fraction of sp³-hybridized carbons (Fsp3) is 0.545. The molecule has 1 aromatic carbocycles. The molecular weight excluding hydrogens is 336 g/mol. The Bertz CT molecular complexity index is 619. The number of hydrogen-bond acceptors (Lipinski definition) is 1. The van der Waals surface area contributed by atoms with Crippen LogP contribution in [-0.2, 0) is 10.0 Å². The maximum absolute atomic E-state index is 7.02. The third-order valence-electron chi connectivity index (χ3n) is 5.37. The van der Waals surface area contributed by atoms with Crippen molar-refractivity contribution >= 4 is 16.4 Å². The Morgan fingerprint density at radius 3 is 1.92 bits per heavy atom. The van der Waals surface area contributed by atoms with Gasteiger partial charge in [-0.1, -0.05) is 76.2 Å². The van der Waals surface area contributed by atoms with E-state index in [1.165, 1.54) is 11.1 Å². The normalized spacial score (nSPS) is 15.6. The molecule has 0 saturated heterocycles. The van der Waals surface area contributed by atoms with Gasteiger partial charge in [-0.25, -0.2) is 0 Å². The molecule has 0 aromatic heterocycles. The molecule has 3 heteroatoms. The summed E-state index contributed by atoms with van der Waals surface area (Å²) < 4.78 is 7.02. The molecule has 0 heterocycles. The minimum Gasteiger partial charge on any atom is -0.404 e. The van der Waals surface area contributed by atoms with Crippen LogP contribution in [0.1, 0.15) is 38.8 Å². The van der Waals surface area contributed by atoms with Crippen molar-refractivity contribution in [2.45, 2.75) is 78.0 Å². The predicted octanol–water partition coefficient (Wildman–Crippen LogP) is 6.67. The van der Waals surface area contributed by atoms with Gasteiger partial charge in [0.05, 0.1) is 13.7 Å². The maximum Gasteiger partial charge on any atom is 0.193 e. The Labute approximate surface area is 158 Å². The van der Waals surface area contributed by atoms with E-state index in [4.69, 9.17) is 10.8 Å². The Morgan fingerprint density at radius 1 is 1.08 bits per heavy atom. The topological polar surface area (TPSA) is 9.23 Å². The highest BCUT2D eigenvalue weighted by atomic mass is 28.4. The summed E-state index contributed by atoms with van der Waals surface area (Å²) >= 11 is 0. The zero-order valence-corrected chi connectivity index (χ0v) is 19.5. The Morgan fingerprint density at radius 2 is 1.56 bits per heavy atom. The molecule has 1 unspecified atom stereocenters. The fourth-order valence-electron chi connectivity index (χ4n) is 3.22. The van der Waals surface area contributed by atoms with Crippen molar-refractivity contribution in [2.24, 2.45) is 0 Å². The van der Waals surface area contributed by atoms with Gasteiger partial charge in [0.15, 0.2) is 8.32 Å². The lowest BCUT2D eigenvalue weighted by atomic mass is 9.94. The first-order chi connectivity index (χ1) is 11.6. The summed E-state index contributed by atoms with van der Waals surface area (Å²) in [5.41, 5.74) is 2.02. The summed E-state index contributed by atoms with van der Waals surface area (Å²) in [6.07, 6.45) is 8.16.